The maximum absolute atomic E-state index is 12.9. The van der Waals surface area contributed by atoms with E-state index >= 15 is 0 Å². The highest BCUT2D eigenvalue weighted by Gasteiger charge is 2.36. The van der Waals surface area contributed by atoms with Crippen LogP contribution in [0.25, 0.3) is 0 Å². The van der Waals surface area contributed by atoms with Crippen LogP contribution in [0.1, 0.15) is 24.5 Å². The van der Waals surface area contributed by atoms with E-state index in [4.69, 9.17) is 4.74 Å². The molecule has 0 bridgehead atoms. The Morgan fingerprint density at radius 3 is 2.65 bits per heavy atom. The zero-order valence-corrected chi connectivity index (χ0v) is 14.9. The zero-order valence-electron chi connectivity index (χ0n) is 14.0. The van der Waals surface area contributed by atoms with Crippen LogP contribution in [0.2, 0.25) is 0 Å². The van der Waals surface area contributed by atoms with Gasteiger partial charge in [0, 0.05) is 25.7 Å². The van der Waals surface area contributed by atoms with E-state index in [1.165, 1.54) is 11.4 Å². The van der Waals surface area contributed by atoms with Crippen molar-refractivity contribution in [3.8, 4) is 5.75 Å². The van der Waals surface area contributed by atoms with Crippen molar-refractivity contribution in [1.82, 2.24) is 9.62 Å². The van der Waals surface area contributed by atoms with Crippen LogP contribution in [0.15, 0.2) is 17.0 Å². The van der Waals surface area contributed by atoms with Gasteiger partial charge in [0.15, 0.2) is 0 Å². The second kappa shape index (κ2) is 6.88. The van der Waals surface area contributed by atoms with Gasteiger partial charge in [0.2, 0.25) is 15.9 Å². The van der Waals surface area contributed by atoms with Gasteiger partial charge in [0.1, 0.15) is 5.75 Å². The lowest BCUT2D eigenvalue weighted by molar-refractivity contribution is -0.124. The number of carbonyl (C=O) groups excluding carboxylic acids is 1. The maximum Gasteiger partial charge on any atom is 0.243 e. The molecule has 0 radical (unpaired) electrons. The van der Waals surface area contributed by atoms with E-state index in [9.17, 15) is 13.2 Å². The monoisotopic (exact) mass is 340 g/mol. The largest absolute Gasteiger partial charge is 0.496 e. The normalized spacial score (nSPS) is 18.9. The number of nitrogens with one attached hydrogen (secondary N) is 1. The third kappa shape index (κ3) is 3.50. The summed E-state index contributed by atoms with van der Waals surface area (Å²) in [6, 6.07) is 3.38. The number of hydrogen-bond acceptors (Lipinski definition) is 4. The van der Waals surface area contributed by atoms with Gasteiger partial charge in [-0.2, -0.15) is 4.31 Å². The summed E-state index contributed by atoms with van der Waals surface area (Å²) < 4.78 is 32.4. The second-order valence-electron chi connectivity index (χ2n) is 5.83. The highest BCUT2D eigenvalue weighted by Crippen LogP contribution is 2.30. The molecule has 1 heterocycles. The van der Waals surface area contributed by atoms with Crippen LogP contribution in [0.5, 0.6) is 5.75 Å². The molecule has 1 N–H and O–H groups in total. The summed E-state index contributed by atoms with van der Waals surface area (Å²) in [6.07, 6.45) is 0.549. The smallest absolute Gasteiger partial charge is 0.243 e. The lowest BCUT2D eigenvalue weighted by Gasteiger charge is -2.19. The first-order valence-electron chi connectivity index (χ1n) is 7.74. The van der Waals surface area contributed by atoms with Crippen LogP contribution in [0.3, 0.4) is 0 Å². The Balaban J connectivity index is 2.28. The average Bonchev–Trinajstić information content (AvgIpc) is 2.98. The van der Waals surface area contributed by atoms with E-state index in [1.807, 2.05) is 19.9 Å². The Morgan fingerprint density at radius 1 is 1.35 bits per heavy atom. The lowest BCUT2D eigenvalue weighted by Crippen LogP contribution is -2.34. The third-order valence-corrected chi connectivity index (χ3v) is 6.19. The molecule has 1 atom stereocenters. The summed E-state index contributed by atoms with van der Waals surface area (Å²) in [7, 11) is -2.10. The molecule has 0 spiro atoms. The standard InChI is InChI=1S/C16H24N2O4S/c1-5-17-16(19)13-6-7-18(10-13)23(20,21)15-9-14(22-4)11(2)8-12(15)3/h8-9,13H,5-7,10H2,1-4H3,(H,17,19). The van der Waals surface area contributed by atoms with Gasteiger partial charge in [-0.25, -0.2) is 8.42 Å². The predicted octanol–water partition coefficient (Wildman–Crippen LogP) is 1.46. The van der Waals surface area contributed by atoms with Gasteiger partial charge in [0.05, 0.1) is 17.9 Å². The van der Waals surface area contributed by atoms with Gasteiger partial charge in [-0.3, -0.25) is 4.79 Å². The number of sulfonamides is 1. The summed E-state index contributed by atoms with van der Waals surface area (Å²) in [5.41, 5.74) is 1.58. The van der Waals surface area contributed by atoms with E-state index < -0.39 is 10.0 Å². The number of aryl methyl sites for hydroxylation is 2. The molecular weight excluding hydrogens is 316 g/mol. The van der Waals surface area contributed by atoms with Crippen molar-refractivity contribution in [1.29, 1.82) is 0 Å². The highest BCUT2D eigenvalue weighted by molar-refractivity contribution is 7.89. The fraction of sp³-hybridized carbons (Fsp3) is 0.562. The SMILES string of the molecule is CCNC(=O)C1CCN(S(=O)(=O)c2cc(OC)c(C)cc2C)C1. The Bertz CT molecular complexity index is 700. The van der Waals surface area contributed by atoms with Crippen LogP contribution in [-0.2, 0) is 14.8 Å². The summed E-state index contributed by atoms with van der Waals surface area (Å²) in [4.78, 5) is 12.2. The molecule has 1 aliphatic heterocycles. The first-order valence-corrected chi connectivity index (χ1v) is 9.18. The van der Waals surface area contributed by atoms with Crippen LogP contribution in [0.4, 0.5) is 0 Å². The molecule has 0 saturated carbocycles. The number of amides is 1. The zero-order chi connectivity index (χ0) is 17.2. The van der Waals surface area contributed by atoms with Crippen molar-refractivity contribution in [2.45, 2.75) is 32.1 Å². The quantitative estimate of drug-likeness (QED) is 0.880. The molecule has 1 saturated heterocycles. The van der Waals surface area contributed by atoms with Crippen LogP contribution in [0, 0.1) is 19.8 Å². The van der Waals surface area contributed by atoms with E-state index in [1.54, 1.807) is 13.0 Å². The van der Waals surface area contributed by atoms with Crippen molar-refractivity contribution in [3.63, 3.8) is 0 Å². The minimum atomic E-state index is -3.63. The third-order valence-electron chi connectivity index (χ3n) is 4.18. The first-order chi connectivity index (χ1) is 10.8. The average molecular weight is 340 g/mol. The number of benzene rings is 1. The molecule has 1 unspecified atom stereocenters. The Morgan fingerprint density at radius 2 is 2.04 bits per heavy atom. The summed E-state index contributed by atoms with van der Waals surface area (Å²) in [6.45, 7) is 6.64. The molecule has 0 aromatic heterocycles. The van der Waals surface area contributed by atoms with E-state index in [-0.39, 0.29) is 23.3 Å². The molecule has 1 amide bonds. The van der Waals surface area contributed by atoms with Crippen molar-refractivity contribution >= 4 is 15.9 Å². The van der Waals surface area contributed by atoms with Gasteiger partial charge >= 0.3 is 0 Å². The molecule has 1 aromatic rings. The minimum Gasteiger partial charge on any atom is -0.496 e. The molecule has 1 aromatic carbocycles. The van der Waals surface area contributed by atoms with E-state index in [0.29, 0.717) is 30.8 Å². The summed E-state index contributed by atoms with van der Waals surface area (Å²) >= 11 is 0. The fourth-order valence-corrected chi connectivity index (χ4v) is 4.65. The van der Waals surface area contributed by atoms with Gasteiger partial charge in [0.25, 0.3) is 0 Å². The molecule has 6 nitrogen and oxygen atoms in total. The molecule has 1 fully saturated rings. The fourth-order valence-electron chi connectivity index (χ4n) is 2.93. The Labute approximate surface area is 137 Å². The van der Waals surface area contributed by atoms with Crippen LogP contribution in [-0.4, -0.2) is 45.4 Å². The van der Waals surface area contributed by atoms with Crippen molar-refractivity contribution in [2.24, 2.45) is 5.92 Å². The highest BCUT2D eigenvalue weighted by atomic mass is 32.2. The van der Waals surface area contributed by atoms with E-state index in [0.717, 1.165) is 5.56 Å². The van der Waals surface area contributed by atoms with Crippen LogP contribution < -0.4 is 10.1 Å². The Hall–Kier alpha value is -1.60. The number of methoxy groups -OCH3 is 1. The van der Waals surface area contributed by atoms with Crippen molar-refractivity contribution in [2.75, 3.05) is 26.7 Å². The number of nitrogens with zero attached hydrogens (tertiary/aromatic N) is 1. The minimum absolute atomic E-state index is 0.0802. The maximum atomic E-state index is 12.9. The number of carbonyl (C=O) groups is 1. The summed E-state index contributed by atoms with van der Waals surface area (Å²) in [5, 5.41) is 2.76. The predicted molar refractivity (Wildman–Crippen MR) is 88.0 cm³/mol. The van der Waals surface area contributed by atoms with Gasteiger partial charge < -0.3 is 10.1 Å². The van der Waals surface area contributed by atoms with Crippen LogP contribution >= 0.6 is 0 Å². The Kier molecular flexibility index (Phi) is 5.31. The number of rotatable bonds is 5. The van der Waals surface area contributed by atoms with Gasteiger partial charge in [-0.1, -0.05) is 6.07 Å². The second-order valence-corrected chi connectivity index (χ2v) is 7.74. The molecule has 2 rings (SSSR count). The molecular formula is C16H24N2O4S. The number of ether oxygens (including phenoxy) is 1. The first kappa shape index (κ1) is 17.7. The molecule has 23 heavy (non-hydrogen) atoms. The van der Waals surface area contributed by atoms with Gasteiger partial charge in [-0.05, 0) is 38.3 Å². The molecule has 7 heteroatoms. The van der Waals surface area contributed by atoms with Gasteiger partial charge in [-0.15, -0.1) is 0 Å². The van der Waals surface area contributed by atoms with Crippen molar-refractivity contribution in [3.05, 3.63) is 23.3 Å². The molecule has 128 valence electrons. The molecule has 1 aliphatic rings. The number of hydrogen-bond donors (Lipinski definition) is 1. The molecule has 0 aliphatic carbocycles. The summed E-state index contributed by atoms with van der Waals surface area (Å²) in [5.74, 6) is 0.189. The topological polar surface area (TPSA) is 75.7 Å². The van der Waals surface area contributed by atoms with E-state index in [2.05, 4.69) is 5.32 Å². The van der Waals surface area contributed by atoms with Crippen molar-refractivity contribution < 1.29 is 17.9 Å². The lowest BCUT2D eigenvalue weighted by atomic mass is 10.1.